The van der Waals surface area contributed by atoms with Crippen LogP contribution in [-0.4, -0.2) is 19.8 Å². The fourth-order valence-electron chi connectivity index (χ4n) is 10.7. The van der Waals surface area contributed by atoms with Gasteiger partial charge in [0.25, 0.3) is 5.56 Å². The van der Waals surface area contributed by atoms with E-state index < -0.39 is 0 Å². The van der Waals surface area contributed by atoms with Crippen LogP contribution in [0, 0.1) is 59.2 Å². The molecule has 7 heteroatoms. The van der Waals surface area contributed by atoms with E-state index in [1.807, 2.05) is 61.2 Å². The number of pyridine rings is 1. The molecule has 1 saturated carbocycles. The number of hydrogen-bond donors (Lipinski definition) is 0. The van der Waals surface area contributed by atoms with Gasteiger partial charge in [0, 0.05) is 93.7 Å². The third kappa shape index (κ3) is 40.2. The smallest absolute Gasteiger partial charge is 0.251 e. The van der Waals surface area contributed by atoms with E-state index in [0.29, 0.717) is 88.9 Å². The van der Waals surface area contributed by atoms with Crippen LogP contribution in [0.2, 0.25) is 0 Å². The SMILES string of the molecule is CC(C)C#CC(C)C.CC(C)C1=CN=C(C(C)C)C1.CC(C)C1CCC(C(C)C)CC1.CC(C)c1ccc(C(C)C)cc1.CC(C)c1ccc(C(C)C)s1.CC(C)c1cccc(C(C)C)c1.CC(C)c1ccn(C(C)C)c(=O)c1.CC(C)c1ccn(C(C)C)c1.CC(C)c1cnc(C(C)C)s1. The minimum absolute atomic E-state index is 0.0983. The maximum atomic E-state index is 11.5. The van der Waals surface area contributed by atoms with Crippen LogP contribution >= 0.6 is 22.7 Å². The molecular formula is C94H156N4OS2. The summed E-state index contributed by atoms with van der Waals surface area (Å²) in [5, 5.41) is 1.26. The molecule has 1 aliphatic heterocycles. The van der Waals surface area contributed by atoms with Gasteiger partial charge in [-0.3, -0.25) is 9.79 Å². The van der Waals surface area contributed by atoms with E-state index >= 15 is 0 Å². The third-order valence-electron chi connectivity index (χ3n) is 18.7. The molecule has 6 aromatic rings. The average Bonchev–Trinajstić information content (AvgIpc) is 1.44. The zero-order valence-corrected chi connectivity index (χ0v) is 73.6. The maximum absolute atomic E-state index is 11.5. The van der Waals surface area contributed by atoms with Gasteiger partial charge in [0.15, 0.2) is 0 Å². The molecule has 8 rings (SSSR count). The Morgan fingerprint density at radius 2 is 0.782 bits per heavy atom. The first kappa shape index (κ1) is 96.0. The second-order valence-electron chi connectivity index (χ2n) is 34.1. The Hall–Kier alpha value is -5.03. The van der Waals surface area contributed by atoms with Crippen molar-refractivity contribution in [3.05, 3.63) is 179 Å². The van der Waals surface area contributed by atoms with Crippen LogP contribution in [0.5, 0.6) is 0 Å². The molecule has 570 valence electrons. The number of rotatable bonds is 16. The summed E-state index contributed by atoms with van der Waals surface area (Å²) >= 11 is 3.79. The Morgan fingerprint density at radius 3 is 1.03 bits per heavy atom. The number of nitrogens with zero attached hydrogens (tertiary/aromatic N) is 4. The minimum atomic E-state index is 0.0983. The Bertz CT molecular complexity index is 2990. The van der Waals surface area contributed by atoms with Crippen molar-refractivity contribution in [1.29, 1.82) is 0 Å². The van der Waals surface area contributed by atoms with Gasteiger partial charge >= 0.3 is 0 Å². The van der Waals surface area contributed by atoms with Crippen LogP contribution in [0.25, 0.3) is 0 Å². The minimum Gasteiger partial charge on any atom is -0.352 e. The fraction of sp³-hybridized carbons (Fsp3) is 0.649. The summed E-state index contributed by atoms with van der Waals surface area (Å²) in [5.41, 5.74) is 11.2. The van der Waals surface area contributed by atoms with Gasteiger partial charge in [-0.15, -0.1) is 34.5 Å². The van der Waals surface area contributed by atoms with Gasteiger partial charge in [0.2, 0.25) is 0 Å². The molecule has 0 amide bonds. The van der Waals surface area contributed by atoms with Crippen molar-refractivity contribution in [2.45, 2.75) is 353 Å². The quantitative estimate of drug-likeness (QED) is 0.0907. The first-order chi connectivity index (χ1) is 46.9. The van der Waals surface area contributed by atoms with E-state index in [1.165, 1.54) is 84.4 Å². The van der Waals surface area contributed by atoms with Gasteiger partial charge in [-0.05, 0) is 205 Å². The molecule has 101 heavy (non-hydrogen) atoms. The van der Waals surface area contributed by atoms with E-state index in [2.05, 4.69) is 341 Å². The van der Waals surface area contributed by atoms with Crippen LogP contribution in [0.15, 0.2) is 125 Å². The lowest BCUT2D eigenvalue weighted by Gasteiger charge is -2.32. The highest BCUT2D eigenvalue weighted by Crippen LogP contribution is 2.37. The van der Waals surface area contributed by atoms with E-state index in [-0.39, 0.29) is 11.6 Å². The van der Waals surface area contributed by atoms with Gasteiger partial charge < -0.3 is 9.13 Å². The molecule has 0 N–H and O–H groups in total. The third-order valence-corrected chi connectivity index (χ3v) is 21.9. The van der Waals surface area contributed by atoms with E-state index in [4.69, 9.17) is 0 Å². The lowest BCUT2D eigenvalue weighted by molar-refractivity contribution is 0.189. The summed E-state index contributed by atoms with van der Waals surface area (Å²) in [6.45, 7) is 79.4. The van der Waals surface area contributed by atoms with E-state index in [9.17, 15) is 4.79 Å². The monoisotopic (exact) mass is 1420 g/mol. The van der Waals surface area contributed by atoms with E-state index in [1.54, 1.807) is 10.6 Å². The molecule has 0 atom stereocenters. The van der Waals surface area contributed by atoms with Gasteiger partial charge in [-0.2, -0.15) is 0 Å². The Balaban J connectivity index is 0.00000112. The number of aromatic nitrogens is 3. The van der Waals surface area contributed by atoms with Crippen molar-refractivity contribution >= 4 is 28.4 Å². The summed E-state index contributed by atoms with van der Waals surface area (Å²) in [6, 6.07) is 29.1. The van der Waals surface area contributed by atoms with Crippen molar-refractivity contribution < 1.29 is 0 Å². The molecule has 1 fully saturated rings. The highest BCUT2D eigenvalue weighted by molar-refractivity contribution is 7.12. The molecule has 5 heterocycles. The molecule has 1 aliphatic carbocycles. The largest absolute Gasteiger partial charge is 0.352 e. The van der Waals surface area contributed by atoms with Crippen LogP contribution in [0.1, 0.15) is 406 Å². The zero-order chi connectivity index (χ0) is 77.7. The Morgan fingerprint density at radius 1 is 0.386 bits per heavy atom. The van der Waals surface area contributed by atoms with Crippen LogP contribution in [0.4, 0.5) is 0 Å². The highest BCUT2D eigenvalue weighted by atomic mass is 32.1. The number of thiazole rings is 1. The molecule has 2 aliphatic rings. The first-order valence-corrected chi connectivity index (χ1v) is 41.5. The number of hydrogen-bond acceptors (Lipinski definition) is 5. The molecule has 0 saturated heterocycles. The number of thiophene rings is 1. The molecule has 0 bridgehead atoms. The fourth-order valence-corrected chi connectivity index (χ4v) is 12.7. The van der Waals surface area contributed by atoms with Crippen molar-refractivity contribution in [1.82, 2.24) is 14.1 Å². The summed E-state index contributed by atoms with van der Waals surface area (Å²) < 4.78 is 3.99. The zero-order valence-electron chi connectivity index (χ0n) is 72.0. The molecular weight excluding hydrogens is 1270 g/mol. The Kier molecular flexibility index (Phi) is 47.9. The number of allylic oxidation sites excluding steroid dienone is 1. The average molecular weight is 1420 g/mol. The van der Waals surface area contributed by atoms with Crippen LogP contribution in [0.3, 0.4) is 0 Å². The first-order valence-electron chi connectivity index (χ1n) is 39.8. The number of benzene rings is 2. The van der Waals surface area contributed by atoms with Crippen molar-refractivity contribution in [3.63, 3.8) is 0 Å². The second-order valence-corrected chi connectivity index (χ2v) is 36.3. The van der Waals surface area contributed by atoms with Gasteiger partial charge in [-0.1, -0.05) is 270 Å². The summed E-state index contributed by atoms with van der Waals surface area (Å²) in [7, 11) is 0. The Labute approximate surface area is 634 Å². The molecule has 0 unspecified atom stereocenters. The van der Waals surface area contributed by atoms with Crippen molar-refractivity contribution in [2.75, 3.05) is 0 Å². The molecule has 4 aromatic heterocycles. The predicted molar refractivity (Wildman–Crippen MR) is 458 cm³/mol. The lowest BCUT2D eigenvalue weighted by atomic mass is 9.73. The van der Waals surface area contributed by atoms with Crippen LogP contribution < -0.4 is 5.56 Å². The predicted octanol–water partition coefficient (Wildman–Crippen LogP) is 30.4. The van der Waals surface area contributed by atoms with Crippen molar-refractivity contribution in [2.24, 2.45) is 52.3 Å². The second kappa shape index (κ2) is 50.4. The standard InChI is InChI=1S/C12H24.2C12H18.C11H17NO.2C10H17N.C10H16S.C9H15NS.C8H14/c2*1-9(2)11-5-7-12(8-6-11)10(3)4;1-9(2)11-6-5-7-12(8-11)10(3)4;1-8(2)10-5-6-12(9(3)4)11(13)7-10;1-7(2)9-5-10(8(3)4)11-6-9;1-8(2)10-5-6-11(7-10)9(3)4;1-7(2)9-5-6-10(11-9)8(3)4;1-6(2)8-5-10-9(11-8)7(3)4;1-7(2)5-6-8(3)4/h9-12H,5-8H2,1-4H3;2*5-10H,1-4H3;5-9H,1-4H3;6-8H,5H2,1-4H3;5-9H,1-4H3;5-8H,1-4H3;5-7H,1-4H3;7-8H,1-4H3. The molecule has 2 aromatic carbocycles. The topological polar surface area (TPSA) is 52.2 Å². The lowest BCUT2D eigenvalue weighted by Crippen LogP contribution is -2.21. The highest BCUT2D eigenvalue weighted by Gasteiger charge is 2.25. The van der Waals surface area contributed by atoms with Crippen molar-refractivity contribution in [3.8, 4) is 11.8 Å². The normalized spacial score (nSPS) is 14.2. The van der Waals surface area contributed by atoms with Gasteiger partial charge in [0.05, 0.1) is 5.01 Å². The number of aliphatic imine (C=N–C) groups is 1. The summed E-state index contributed by atoms with van der Waals surface area (Å²) in [5.74, 6) is 18.6. The molecule has 5 nitrogen and oxygen atoms in total. The summed E-state index contributed by atoms with van der Waals surface area (Å²) in [6.07, 6.45) is 17.4. The maximum Gasteiger partial charge on any atom is 0.251 e. The molecule has 0 radical (unpaired) electrons. The molecule has 0 spiro atoms. The van der Waals surface area contributed by atoms with E-state index in [0.717, 1.165) is 35.7 Å². The van der Waals surface area contributed by atoms with Gasteiger partial charge in [-0.25, -0.2) is 4.98 Å². The van der Waals surface area contributed by atoms with Crippen LogP contribution in [-0.2, 0) is 0 Å². The summed E-state index contributed by atoms with van der Waals surface area (Å²) in [4.78, 5) is 24.7. The van der Waals surface area contributed by atoms with Gasteiger partial charge in [0.1, 0.15) is 0 Å².